The van der Waals surface area contributed by atoms with Crippen LogP contribution < -0.4 is 9.47 Å². The van der Waals surface area contributed by atoms with E-state index in [9.17, 15) is 9.59 Å². The predicted octanol–water partition coefficient (Wildman–Crippen LogP) is 7.27. The van der Waals surface area contributed by atoms with Crippen LogP contribution in [0.15, 0.2) is 78.9 Å². The number of benzene rings is 4. The molecular weight excluding hydrogens is 487 g/mol. The predicted molar refractivity (Wildman–Crippen MR) is 137 cm³/mol. The van der Waals surface area contributed by atoms with E-state index in [-0.39, 0.29) is 11.3 Å². The first-order valence-corrected chi connectivity index (χ1v) is 11.3. The normalized spacial score (nSPS) is 11.1. The Balaban J connectivity index is 0.000000165. The quantitative estimate of drug-likeness (QED) is 0.277. The van der Waals surface area contributed by atoms with Crippen LogP contribution in [0.1, 0.15) is 26.3 Å². The van der Waals surface area contributed by atoms with Crippen molar-refractivity contribution in [2.75, 3.05) is 14.2 Å². The third kappa shape index (κ3) is 4.74. The minimum Gasteiger partial charge on any atom is -0.497 e. The molecule has 0 heterocycles. The van der Waals surface area contributed by atoms with Crippen molar-refractivity contribution in [1.29, 1.82) is 0 Å². The second-order valence-corrected chi connectivity index (χ2v) is 8.42. The van der Waals surface area contributed by atoms with E-state index in [4.69, 9.17) is 37.8 Å². The Bertz CT molecular complexity index is 1450. The fraction of sp³-hybridized carbons (Fsp3) is 0.0714. The van der Waals surface area contributed by atoms with Gasteiger partial charge >= 0.3 is 5.97 Å². The van der Waals surface area contributed by atoms with Crippen LogP contribution >= 0.6 is 23.2 Å². The zero-order valence-electron chi connectivity index (χ0n) is 18.8. The molecule has 0 spiro atoms. The number of fused-ring (bicyclic) bond motifs is 3. The molecule has 0 atom stereocenters. The summed E-state index contributed by atoms with van der Waals surface area (Å²) in [6, 6.07) is 22.9. The molecule has 5 rings (SSSR count). The summed E-state index contributed by atoms with van der Waals surface area (Å²) in [5, 5.41) is 10.2. The van der Waals surface area contributed by atoms with Crippen molar-refractivity contribution >= 4 is 35.0 Å². The van der Waals surface area contributed by atoms with Crippen molar-refractivity contribution in [3.8, 4) is 33.8 Å². The van der Waals surface area contributed by atoms with Crippen molar-refractivity contribution in [2.24, 2.45) is 0 Å². The Morgan fingerprint density at radius 2 is 1.29 bits per heavy atom. The first kappa shape index (κ1) is 24.3. The molecule has 1 aliphatic rings. The number of carbonyl (C=O) groups is 2. The number of carboxylic acid groups (broad SMARTS) is 1. The summed E-state index contributed by atoms with van der Waals surface area (Å²) in [5.41, 5.74) is 4.54. The van der Waals surface area contributed by atoms with Gasteiger partial charge in [0.05, 0.1) is 29.8 Å². The SMILES string of the molecule is COc1cc(Cl)c2c(c1)C(=O)c1ccccc1-2.COc1ccc(-c2ccccc2C(=O)O)c(Cl)c1. The Kier molecular flexibility index (Phi) is 7.10. The highest BCUT2D eigenvalue weighted by atomic mass is 35.5. The summed E-state index contributed by atoms with van der Waals surface area (Å²) in [6.45, 7) is 0. The van der Waals surface area contributed by atoms with Gasteiger partial charge in [0.15, 0.2) is 5.78 Å². The highest BCUT2D eigenvalue weighted by Gasteiger charge is 2.29. The maximum absolute atomic E-state index is 12.2. The molecule has 0 bridgehead atoms. The largest absolute Gasteiger partial charge is 0.497 e. The van der Waals surface area contributed by atoms with Gasteiger partial charge in [-0.25, -0.2) is 4.79 Å². The maximum atomic E-state index is 12.2. The van der Waals surface area contributed by atoms with E-state index in [1.807, 2.05) is 24.3 Å². The van der Waals surface area contributed by atoms with Crippen molar-refractivity contribution in [2.45, 2.75) is 0 Å². The molecule has 0 aromatic heterocycles. The molecular formula is C28H20Cl2O5. The van der Waals surface area contributed by atoms with E-state index in [0.29, 0.717) is 43.8 Å². The van der Waals surface area contributed by atoms with E-state index in [1.54, 1.807) is 68.8 Å². The molecule has 7 heteroatoms. The number of hydrogen-bond acceptors (Lipinski definition) is 4. The fourth-order valence-electron chi connectivity index (χ4n) is 3.94. The number of methoxy groups -OCH3 is 2. The second kappa shape index (κ2) is 10.2. The Morgan fingerprint density at radius 1 is 0.686 bits per heavy atom. The van der Waals surface area contributed by atoms with E-state index in [2.05, 4.69) is 0 Å². The zero-order valence-corrected chi connectivity index (χ0v) is 20.4. The highest BCUT2D eigenvalue weighted by molar-refractivity contribution is 6.37. The molecule has 0 saturated heterocycles. The van der Waals surface area contributed by atoms with Crippen LogP contribution in [-0.4, -0.2) is 31.1 Å². The lowest BCUT2D eigenvalue weighted by Gasteiger charge is -2.09. The van der Waals surface area contributed by atoms with E-state index < -0.39 is 5.97 Å². The van der Waals surface area contributed by atoms with E-state index in [0.717, 1.165) is 11.1 Å². The number of carbonyl (C=O) groups excluding carboxylic acids is 1. The van der Waals surface area contributed by atoms with E-state index in [1.165, 1.54) is 0 Å². The Hall–Kier alpha value is -3.80. The van der Waals surface area contributed by atoms with Crippen LogP contribution in [0.4, 0.5) is 0 Å². The molecule has 0 saturated carbocycles. The van der Waals surface area contributed by atoms with Crippen molar-refractivity contribution in [3.63, 3.8) is 0 Å². The van der Waals surface area contributed by atoms with E-state index >= 15 is 0 Å². The summed E-state index contributed by atoms with van der Waals surface area (Å²) in [7, 11) is 3.11. The van der Waals surface area contributed by atoms with Gasteiger partial charge < -0.3 is 14.6 Å². The summed E-state index contributed by atoms with van der Waals surface area (Å²) in [6.07, 6.45) is 0. The van der Waals surface area contributed by atoms with Crippen LogP contribution in [0, 0.1) is 0 Å². The number of rotatable bonds is 4. The van der Waals surface area contributed by atoms with Gasteiger partial charge in [-0.05, 0) is 47.5 Å². The molecule has 176 valence electrons. The molecule has 0 aliphatic heterocycles. The summed E-state index contributed by atoms with van der Waals surface area (Å²) in [4.78, 5) is 23.4. The van der Waals surface area contributed by atoms with Crippen molar-refractivity contribution in [1.82, 2.24) is 0 Å². The molecule has 4 aromatic rings. The van der Waals surface area contributed by atoms with Gasteiger partial charge in [0, 0.05) is 22.3 Å². The number of aromatic carboxylic acids is 1. The van der Waals surface area contributed by atoms with Gasteiger partial charge in [0.2, 0.25) is 0 Å². The van der Waals surface area contributed by atoms with Gasteiger partial charge in [0.1, 0.15) is 11.5 Å². The topological polar surface area (TPSA) is 72.8 Å². The number of hydrogen-bond donors (Lipinski definition) is 1. The molecule has 1 N–H and O–H groups in total. The smallest absolute Gasteiger partial charge is 0.336 e. The molecule has 0 fully saturated rings. The van der Waals surface area contributed by atoms with Crippen LogP contribution in [0.2, 0.25) is 10.0 Å². The molecule has 0 amide bonds. The minimum absolute atomic E-state index is 0.0106. The van der Waals surface area contributed by atoms with Gasteiger partial charge in [-0.1, -0.05) is 65.7 Å². The number of halogens is 2. The standard InChI is InChI=1S/C14H11ClO3.C14H9ClO2/c1-18-9-6-7-11(13(15)8-9)10-4-2-3-5-12(10)14(16)17;1-17-8-6-11-13(12(15)7-8)9-4-2-3-5-10(9)14(11)16/h2-8H,1H3,(H,16,17);2-7H,1H3. The molecule has 4 aromatic carbocycles. The summed E-state index contributed by atoms with van der Waals surface area (Å²) >= 11 is 12.4. The third-order valence-electron chi connectivity index (χ3n) is 5.61. The summed E-state index contributed by atoms with van der Waals surface area (Å²) < 4.78 is 10.2. The zero-order chi connectivity index (χ0) is 25.1. The highest BCUT2D eigenvalue weighted by Crippen LogP contribution is 2.43. The van der Waals surface area contributed by atoms with Gasteiger partial charge in [0.25, 0.3) is 0 Å². The van der Waals surface area contributed by atoms with Crippen molar-refractivity contribution in [3.05, 3.63) is 106 Å². The second-order valence-electron chi connectivity index (χ2n) is 7.60. The monoisotopic (exact) mass is 506 g/mol. The Labute approximate surface area is 212 Å². The molecule has 35 heavy (non-hydrogen) atoms. The van der Waals surface area contributed by atoms with Crippen LogP contribution in [-0.2, 0) is 0 Å². The van der Waals surface area contributed by atoms with Gasteiger partial charge in [-0.15, -0.1) is 0 Å². The Morgan fingerprint density at radius 3 is 1.91 bits per heavy atom. The van der Waals surface area contributed by atoms with Crippen LogP contribution in [0.25, 0.3) is 22.3 Å². The van der Waals surface area contributed by atoms with Crippen molar-refractivity contribution < 1.29 is 24.2 Å². The number of ketones is 1. The minimum atomic E-state index is -0.975. The molecule has 0 radical (unpaired) electrons. The molecule has 1 aliphatic carbocycles. The van der Waals surface area contributed by atoms with Crippen LogP contribution in [0.3, 0.4) is 0 Å². The van der Waals surface area contributed by atoms with Gasteiger partial charge in [-0.3, -0.25) is 4.79 Å². The molecule has 5 nitrogen and oxygen atoms in total. The lowest BCUT2D eigenvalue weighted by molar-refractivity contribution is 0.0697. The first-order chi connectivity index (χ1) is 16.8. The lowest BCUT2D eigenvalue weighted by atomic mass is 9.99. The molecule has 0 unspecified atom stereocenters. The third-order valence-corrected chi connectivity index (χ3v) is 6.22. The number of ether oxygens (including phenoxy) is 2. The van der Waals surface area contributed by atoms with Gasteiger partial charge in [-0.2, -0.15) is 0 Å². The number of carboxylic acids is 1. The maximum Gasteiger partial charge on any atom is 0.336 e. The summed E-state index contributed by atoms with van der Waals surface area (Å²) in [5.74, 6) is 0.278. The fourth-order valence-corrected chi connectivity index (χ4v) is 4.53. The lowest BCUT2D eigenvalue weighted by Crippen LogP contribution is -1.99. The van der Waals surface area contributed by atoms with Crippen LogP contribution in [0.5, 0.6) is 11.5 Å². The average Bonchev–Trinajstić information content (AvgIpc) is 3.16. The first-order valence-electron chi connectivity index (χ1n) is 10.5. The average molecular weight is 507 g/mol.